The van der Waals surface area contributed by atoms with Gasteiger partial charge in [0, 0.05) is 50.8 Å². The molecule has 2 atom stereocenters. The Morgan fingerprint density at radius 1 is 1.09 bits per heavy atom. The first-order valence-electron chi connectivity index (χ1n) is 11.6. The molecule has 2 aromatic heterocycles. The first-order valence-corrected chi connectivity index (χ1v) is 11.6. The van der Waals surface area contributed by atoms with E-state index in [1.807, 2.05) is 48.4 Å². The minimum Gasteiger partial charge on any atom is -0.339 e. The minimum absolute atomic E-state index is 0.00490. The lowest BCUT2D eigenvalue weighted by atomic mass is 9.96. The van der Waals surface area contributed by atoms with Crippen molar-refractivity contribution in [3.05, 3.63) is 72.8 Å². The number of rotatable bonds is 8. The maximum absolute atomic E-state index is 13.4. The van der Waals surface area contributed by atoms with E-state index in [9.17, 15) is 9.59 Å². The van der Waals surface area contributed by atoms with Crippen LogP contribution in [-0.2, 0) is 22.6 Å². The Morgan fingerprint density at radius 2 is 1.91 bits per heavy atom. The Bertz CT molecular complexity index is 1070. The molecule has 1 fully saturated rings. The topological polar surface area (TPSA) is 71.3 Å². The molecule has 33 heavy (non-hydrogen) atoms. The van der Waals surface area contributed by atoms with E-state index >= 15 is 0 Å². The average Bonchev–Trinajstić information content (AvgIpc) is 3.35. The molecule has 0 aliphatic carbocycles. The zero-order chi connectivity index (χ0) is 23.2. The van der Waals surface area contributed by atoms with Crippen molar-refractivity contribution in [2.24, 2.45) is 5.92 Å². The van der Waals surface area contributed by atoms with Crippen molar-refractivity contribution in [1.29, 1.82) is 0 Å². The zero-order valence-corrected chi connectivity index (χ0v) is 19.3. The van der Waals surface area contributed by atoms with Crippen LogP contribution in [0.15, 0.2) is 67.3 Å². The quantitative estimate of drug-likeness (QED) is 0.534. The predicted molar refractivity (Wildman–Crippen MR) is 127 cm³/mol. The average molecular weight is 446 g/mol. The third-order valence-electron chi connectivity index (χ3n) is 6.17. The molecule has 0 bridgehead atoms. The molecule has 3 aromatic rings. The molecular weight excluding hydrogens is 414 g/mol. The lowest BCUT2D eigenvalue weighted by molar-refractivity contribution is -0.153. The number of hydrogen-bond acceptors (Lipinski definition) is 4. The number of piperazine rings is 1. The van der Waals surface area contributed by atoms with Crippen LogP contribution in [0, 0.1) is 5.92 Å². The van der Waals surface area contributed by atoms with Crippen LogP contribution >= 0.6 is 0 Å². The van der Waals surface area contributed by atoms with Crippen molar-refractivity contribution in [2.75, 3.05) is 19.6 Å². The van der Waals surface area contributed by atoms with Crippen LogP contribution < -0.4 is 0 Å². The number of aromatic nitrogens is 3. The molecule has 2 amide bonds. The summed E-state index contributed by atoms with van der Waals surface area (Å²) in [7, 11) is 0. The maximum Gasteiger partial charge on any atom is 0.245 e. The molecule has 1 aliphatic heterocycles. The zero-order valence-electron chi connectivity index (χ0n) is 19.3. The molecule has 172 valence electrons. The van der Waals surface area contributed by atoms with Crippen LogP contribution in [0.25, 0.3) is 11.1 Å². The second-order valence-electron chi connectivity index (χ2n) is 8.64. The van der Waals surface area contributed by atoms with Gasteiger partial charge in [-0.05, 0) is 41.3 Å². The van der Waals surface area contributed by atoms with Crippen LogP contribution in [0.3, 0.4) is 0 Å². The number of hydrogen-bond donors (Lipinski definition) is 0. The standard InChI is InChI=1S/C26H31N5O2/c1-3-13-29-15-16-31(25(32)20(2)19-30-14-5-10-28-30)24(26(29)33)18-21-6-4-7-23(17-21)22-8-11-27-12-9-22/h4-12,14,17,20,24H,3,13,15-16,18-19H2,1-2H3/t20-,24+/m0/s1. The van der Waals surface area contributed by atoms with Gasteiger partial charge >= 0.3 is 0 Å². The number of benzene rings is 1. The summed E-state index contributed by atoms with van der Waals surface area (Å²) in [6.45, 7) is 6.35. The summed E-state index contributed by atoms with van der Waals surface area (Å²) in [5, 5.41) is 4.23. The molecule has 0 radical (unpaired) electrons. The van der Waals surface area contributed by atoms with Crippen LogP contribution in [0.2, 0.25) is 0 Å². The van der Waals surface area contributed by atoms with E-state index in [4.69, 9.17) is 0 Å². The van der Waals surface area contributed by atoms with Gasteiger partial charge in [-0.1, -0.05) is 38.1 Å². The second kappa shape index (κ2) is 10.4. The third kappa shape index (κ3) is 5.30. The Morgan fingerprint density at radius 3 is 2.64 bits per heavy atom. The van der Waals surface area contributed by atoms with Gasteiger partial charge in [-0.2, -0.15) is 5.10 Å². The molecule has 3 heterocycles. The van der Waals surface area contributed by atoms with Crippen molar-refractivity contribution in [1.82, 2.24) is 24.6 Å². The minimum atomic E-state index is -0.495. The largest absolute Gasteiger partial charge is 0.339 e. The SMILES string of the molecule is CCCN1CCN(C(=O)[C@@H](C)Cn2cccn2)[C@H](Cc2cccc(-c3ccncc3)c2)C1=O. The summed E-state index contributed by atoms with van der Waals surface area (Å²) >= 11 is 0. The van der Waals surface area contributed by atoms with Gasteiger partial charge < -0.3 is 9.80 Å². The first kappa shape index (κ1) is 22.7. The van der Waals surface area contributed by atoms with E-state index in [2.05, 4.69) is 29.1 Å². The molecule has 1 aliphatic rings. The lowest BCUT2D eigenvalue weighted by Gasteiger charge is -2.41. The summed E-state index contributed by atoms with van der Waals surface area (Å²) in [6, 6.07) is 13.5. The molecule has 4 rings (SSSR count). The molecule has 1 aromatic carbocycles. The molecule has 0 spiro atoms. The van der Waals surface area contributed by atoms with Crippen molar-refractivity contribution in [2.45, 2.75) is 39.3 Å². The summed E-state index contributed by atoms with van der Waals surface area (Å²) in [5.41, 5.74) is 3.20. The van der Waals surface area contributed by atoms with Gasteiger partial charge in [0.1, 0.15) is 6.04 Å². The molecule has 1 saturated heterocycles. The monoisotopic (exact) mass is 445 g/mol. The Balaban J connectivity index is 1.57. The molecule has 0 N–H and O–H groups in total. The van der Waals surface area contributed by atoms with Gasteiger partial charge in [0.05, 0.1) is 12.5 Å². The Hall–Kier alpha value is -3.48. The van der Waals surface area contributed by atoms with Gasteiger partial charge in [0.25, 0.3) is 0 Å². The van der Waals surface area contributed by atoms with Crippen LogP contribution in [0.4, 0.5) is 0 Å². The van der Waals surface area contributed by atoms with E-state index in [1.165, 1.54) is 0 Å². The molecule has 0 saturated carbocycles. The predicted octanol–water partition coefficient (Wildman–Crippen LogP) is 3.27. The van der Waals surface area contributed by atoms with Crippen LogP contribution in [0.5, 0.6) is 0 Å². The number of nitrogens with zero attached hydrogens (tertiary/aromatic N) is 5. The highest BCUT2D eigenvalue weighted by Gasteiger charge is 2.38. The molecule has 0 unspecified atom stereocenters. The fourth-order valence-corrected chi connectivity index (χ4v) is 4.49. The molecule has 7 heteroatoms. The number of carbonyl (C=O) groups excluding carboxylic acids is 2. The van der Waals surface area contributed by atoms with E-state index in [-0.39, 0.29) is 17.7 Å². The fraction of sp³-hybridized carbons (Fsp3) is 0.385. The summed E-state index contributed by atoms with van der Waals surface area (Å²) < 4.78 is 1.77. The summed E-state index contributed by atoms with van der Waals surface area (Å²) in [4.78, 5) is 34.7. The smallest absolute Gasteiger partial charge is 0.245 e. The second-order valence-corrected chi connectivity index (χ2v) is 8.64. The van der Waals surface area contributed by atoms with E-state index in [0.29, 0.717) is 26.1 Å². The molecule has 7 nitrogen and oxygen atoms in total. The highest BCUT2D eigenvalue weighted by molar-refractivity contribution is 5.90. The van der Waals surface area contributed by atoms with Gasteiger partial charge in [-0.25, -0.2) is 0 Å². The van der Waals surface area contributed by atoms with Crippen molar-refractivity contribution >= 4 is 11.8 Å². The highest BCUT2D eigenvalue weighted by Crippen LogP contribution is 2.24. The maximum atomic E-state index is 13.4. The lowest BCUT2D eigenvalue weighted by Crippen LogP contribution is -2.60. The van der Waals surface area contributed by atoms with Gasteiger partial charge in [-0.15, -0.1) is 0 Å². The highest BCUT2D eigenvalue weighted by atomic mass is 16.2. The van der Waals surface area contributed by atoms with E-state index < -0.39 is 6.04 Å². The summed E-state index contributed by atoms with van der Waals surface area (Å²) in [5.74, 6) is -0.219. The molecular formula is C26H31N5O2. The number of pyridine rings is 1. The van der Waals surface area contributed by atoms with Gasteiger partial charge in [-0.3, -0.25) is 19.3 Å². The Labute approximate surface area is 195 Å². The fourth-order valence-electron chi connectivity index (χ4n) is 4.49. The van der Waals surface area contributed by atoms with Crippen molar-refractivity contribution in [3.63, 3.8) is 0 Å². The van der Waals surface area contributed by atoms with E-state index in [1.54, 1.807) is 28.2 Å². The first-order chi connectivity index (χ1) is 16.1. The number of carbonyl (C=O) groups is 2. The summed E-state index contributed by atoms with van der Waals surface area (Å²) in [6.07, 6.45) is 8.52. The van der Waals surface area contributed by atoms with Crippen molar-refractivity contribution in [3.8, 4) is 11.1 Å². The Kier molecular flexibility index (Phi) is 7.17. The number of amides is 2. The van der Waals surface area contributed by atoms with E-state index in [0.717, 1.165) is 29.7 Å². The third-order valence-corrected chi connectivity index (χ3v) is 6.17. The van der Waals surface area contributed by atoms with Gasteiger partial charge in [0.15, 0.2) is 0 Å². The normalized spacial score (nSPS) is 17.3. The van der Waals surface area contributed by atoms with Crippen LogP contribution in [0.1, 0.15) is 25.8 Å². The van der Waals surface area contributed by atoms with Gasteiger partial charge in [0.2, 0.25) is 11.8 Å². The van der Waals surface area contributed by atoms with Crippen LogP contribution in [-0.4, -0.2) is 62.1 Å². The van der Waals surface area contributed by atoms with Crippen molar-refractivity contribution < 1.29 is 9.59 Å².